The molecule has 1 aromatic heterocycles. The third-order valence-corrected chi connectivity index (χ3v) is 3.00. The van der Waals surface area contributed by atoms with E-state index in [0.29, 0.717) is 13.0 Å². The van der Waals surface area contributed by atoms with Gasteiger partial charge in [-0.05, 0) is 18.4 Å². The zero-order valence-electron chi connectivity index (χ0n) is 9.91. The minimum Gasteiger partial charge on any atom is -0.480 e. The van der Waals surface area contributed by atoms with Gasteiger partial charge in [0.25, 0.3) is 0 Å². The van der Waals surface area contributed by atoms with Crippen molar-refractivity contribution in [1.29, 1.82) is 0 Å². The van der Waals surface area contributed by atoms with Gasteiger partial charge < -0.3 is 10.0 Å². The predicted molar refractivity (Wildman–Crippen MR) is 63.0 cm³/mol. The maximum absolute atomic E-state index is 11.9. The van der Waals surface area contributed by atoms with Crippen molar-refractivity contribution < 1.29 is 14.7 Å². The van der Waals surface area contributed by atoms with E-state index in [1.165, 1.54) is 17.3 Å². The highest BCUT2D eigenvalue weighted by molar-refractivity contribution is 5.91. The summed E-state index contributed by atoms with van der Waals surface area (Å²) in [6.07, 6.45) is 3.69. The number of hydrogen-bond donors (Lipinski definition) is 2. The van der Waals surface area contributed by atoms with Crippen LogP contribution in [0.2, 0.25) is 0 Å². The second-order valence-electron chi connectivity index (χ2n) is 4.24. The predicted octanol–water partition coefficient (Wildman–Crippen LogP) is 0.803. The smallest absolute Gasteiger partial charge is 0.326 e. The number of carbonyl (C=O) groups excluding carboxylic acids is 1. The average molecular weight is 250 g/mol. The molecule has 1 aliphatic rings. The molecule has 96 valence electrons. The fourth-order valence-electron chi connectivity index (χ4n) is 2.08. The molecule has 2 rings (SSSR count). The molecular formula is C11H14N4O3. The molecule has 0 saturated carbocycles. The Hall–Kier alpha value is -2.18. The van der Waals surface area contributed by atoms with Crippen LogP contribution in [-0.2, 0) is 4.79 Å². The zero-order chi connectivity index (χ0) is 13.1. The summed E-state index contributed by atoms with van der Waals surface area (Å²) >= 11 is 0. The lowest BCUT2D eigenvalue weighted by Crippen LogP contribution is -2.45. The van der Waals surface area contributed by atoms with Gasteiger partial charge in [0.05, 0.1) is 0 Å². The summed E-state index contributed by atoms with van der Waals surface area (Å²) in [5.74, 6) is -0.861. The van der Waals surface area contributed by atoms with Crippen LogP contribution in [0.25, 0.3) is 0 Å². The number of carbonyl (C=O) groups is 2. The quantitative estimate of drug-likeness (QED) is 0.809. The monoisotopic (exact) mass is 250 g/mol. The fraction of sp³-hybridized carbons (Fsp3) is 0.455. The molecule has 2 amide bonds. The molecule has 7 nitrogen and oxygen atoms in total. The van der Waals surface area contributed by atoms with Crippen molar-refractivity contribution in [2.45, 2.75) is 19.4 Å². The number of nitrogens with one attached hydrogen (secondary N) is 1. The van der Waals surface area contributed by atoms with Crippen molar-refractivity contribution in [2.24, 2.45) is 5.92 Å². The maximum Gasteiger partial charge on any atom is 0.326 e. The molecule has 2 N–H and O–H groups in total. The van der Waals surface area contributed by atoms with E-state index < -0.39 is 18.0 Å². The summed E-state index contributed by atoms with van der Waals surface area (Å²) < 4.78 is 0. The number of amides is 2. The van der Waals surface area contributed by atoms with Gasteiger partial charge in [0.15, 0.2) is 0 Å². The Morgan fingerprint density at radius 2 is 2.11 bits per heavy atom. The molecule has 1 aliphatic heterocycles. The number of nitrogens with zero attached hydrogens (tertiary/aromatic N) is 3. The van der Waals surface area contributed by atoms with Gasteiger partial charge in [0.2, 0.25) is 5.95 Å². The van der Waals surface area contributed by atoms with Crippen molar-refractivity contribution in [1.82, 2.24) is 14.9 Å². The Bertz CT molecular complexity index is 451. The third kappa shape index (κ3) is 2.39. The molecule has 1 fully saturated rings. The number of aromatic nitrogens is 2. The lowest BCUT2D eigenvalue weighted by molar-refractivity contribution is -0.142. The number of anilines is 1. The Balaban J connectivity index is 2.07. The highest BCUT2D eigenvalue weighted by Gasteiger charge is 2.39. The molecule has 18 heavy (non-hydrogen) atoms. The molecule has 0 aromatic carbocycles. The summed E-state index contributed by atoms with van der Waals surface area (Å²) in [5.41, 5.74) is 0. The van der Waals surface area contributed by atoms with Gasteiger partial charge in [-0.15, -0.1) is 0 Å². The summed E-state index contributed by atoms with van der Waals surface area (Å²) in [5, 5.41) is 11.6. The van der Waals surface area contributed by atoms with Crippen LogP contribution in [-0.4, -0.2) is 44.6 Å². The average Bonchev–Trinajstić information content (AvgIpc) is 2.72. The Morgan fingerprint density at radius 3 is 2.72 bits per heavy atom. The third-order valence-electron chi connectivity index (χ3n) is 3.00. The van der Waals surface area contributed by atoms with Crippen LogP contribution in [0.1, 0.15) is 13.3 Å². The van der Waals surface area contributed by atoms with Gasteiger partial charge in [0, 0.05) is 18.9 Å². The molecule has 1 saturated heterocycles. The fourth-order valence-corrected chi connectivity index (χ4v) is 2.08. The number of carboxylic acid groups (broad SMARTS) is 1. The number of rotatable bonds is 2. The van der Waals surface area contributed by atoms with Gasteiger partial charge in [-0.1, -0.05) is 6.92 Å². The van der Waals surface area contributed by atoms with Crippen LogP contribution in [0, 0.1) is 5.92 Å². The minimum absolute atomic E-state index is 0.0510. The second kappa shape index (κ2) is 4.99. The number of hydrogen-bond acceptors (Lipinski definition) is 4. The zero-order valence-corrected chi connectivity index (χ0v) is 9.91. The van der Waals surface area contributed by atoms with E-state index in [9.17, 15) is 9.59 Å². The first kappa shape index (κ1) is 12.3. The van der Waals surface area contributed by atoms with Gasteiger partial charge in [0.1, 0.15) is 6.04 Å². The molecule has 0 bridgehead atoms. The number of urea groups is 1. The standard InChI is InChI=1S/C11H14N4O3/c1-7-3-6-15(8(7)9(16)17)11(18)14-10-12-4-2-5-13-10/h2,4-5,7-8H,3,6H2,1H3,(H,16,17)(H,12,13,14,18). The SMILES string of the molecule is CC1CCN(C(=O)Nc2ncccn2)C1C(=O)O. The van der Waals surface area contributed by atoms with Gasteiger partial charge >= 0.3 is 12.0 Å². The van der Waals surface area contributed by atoms with Crippen molar-refractivity contribution in [3.63, 3.8) is 0 Å². The normalized spacial score (nSPS) is 22.8. The Morgan fingerprint density at radius 1 is 1.44 bits per heavy atom. The highest BCUT2D eigenvalue weighted by Crippen LogP contribution is 2.24. The minimum atomic E-state index is -0.982. The number of likely N-dealkylation sites (tertiary alicyclic amines) is 1. The highest BCUT2D eigenvalue weighted by atomic mass is 16.4. The van der Waals surface area contributed by atoms with E-state index in [-0.39, 0.29) is 11.9 Å². The molecule has 2 atom stereocenters. The molecule has 0 radical (unpaired) electrons. The summed E-state index contributed by atoms with van der Waals surface area (Å²) in [7, 11) is 0. The van der Waals surface area contributed by atoms with Crippen molar-refractivity contribution in [2.75, 3.05) is 11.9 Å². The van der Waals surface area contributed by atoms with E-state index in [1.54, 1.807) is 6.07 Å². The van der Waals surface area contributed by atoms with E-state index in [4.69, 9.17) is 5.11 Å². The summed E-state index contributed by atoms with van der Waals surface area (Å²) in [6, 6.07) is 0.375. The summed E-state index contributed by atoms with van der Waals surface area (Å²) in [4.78, 5) is 32.1. The molecule has 1 aromatic rings. The number of aliphatic carboxylic acids is 1. The molecule has 0 aliphatic carbocycles. The van der Waals surface area contributed by atoms with Gasteiger partial charge in [-0.25, -0.2) is 19.6 Å². The first-order valence-electron chi connectivity index (χ1n) is 5.67. The topological polar surface area (TPSA) is 95.4 Å². The van der Waals surface area contributed by atoms with Gasteiger partial charge in [-0.3, -0.25) is 5.32 Å². The van der Waals surface area contributed by atoms with Crippen LogP contribution >= 0.6 is 0 Å². The number of carboxylic acids is 1. The van der Waals surface area contributed by atoms with Crippen LogP contribution < -0.4 is 5.32 Å². The van der Waals surface area contributed by atoms with Crippen LogP contribution in [0.4, 0.5) is 10.7 Å². The van der Waals surface area contributed by atoms with Crippen LogP contribution in [0.15, 0.2) is 18.5 Å². The maximum atomic E-state index is 11.9. The second-order valence-corrected chi connectivity index (χ2v) is 4.24. The lowest BCUT2D eigenvalue weighted by Gasteiger charge is -2.23. The van der Waals surface area contributed by atoms with Crippen molar-refractivity contribution in [3.8, 4) is 0 Å². The van der Waals surface area contributed by atoms with Crippen LogP contribution in [0.5, 0.6) is 0 Å². The first-order valence-corrected chi connectivity index (χ1v) is 5.67. The molecule has 2 heterocycles. The summed E-state index contributed by atoms with van der Waals surface area (Å²) in [6.45, 7) is 2.25. The lowest BCUT2D eigenvalue weighted by atomic mass is 10.0. The van der Waals surface area contributed by atoms with Crippen molar-refractivity contribution in [3.05, 3.63) is 18.5 Å². The van der Waals surface area contributed by atoms with Crippen LogP contribution in [0.3, 0.4) is 0 Å². The first-order chi connectivity index (χ1) is 8.59. The van der Waals surface area contributed by atoms with E-state index >= 15 is 0 Å². The van der Waals surface area contributed by atoms with E-state index in [0.717, 1.165) is 0 Å². The van der Waals surface area contributed by atoms with E-state index in [2.05, 4.69) is 15.3 Å². The molecule has 7 heteroatoms. The largest absolute Gasteiger partial charge is 0.480 e. The Labute approximate surface area is 104 Å². The molecule has 0 spiro atoms. The van der Waals surface area contributed by atoms with E-state index in [1.807, 2.05) is 6.92 Å². The Kier molecular flexibility index (Phi) is 3.40. The molecular weight excluding hydrogens is 236 g/mol. The molecule has 2 unspecified atom stereocenters. The van der Waals surface area contributed by atoms with Crippen molar-refractivity contribution >= 4 is 17.9 Å². The van der Waals surface area contributed by atoms with Gasteiger partial charge in [-0.2, -0.15) is 0 Å².